The Morgan fingerprint density at radius 2 is 2.11 bits per heavy atom. The van der Waals surface area contributed by atoms with Gasteiger partial charge in [0.2, 0.25) is 0 Å². The molecule has 0 unspecified atom stereocenters. The molecule has 0 bridgehead atoms. The van der Waals surface area contributed by atoms with Crippen LogP contribution in [0.1, 0.15) is 6.92 Å². The third kappa shape index (κ3) is 6.14. The summed E-state index contributed by atoms with van der Waals surface area (Å²) >= 11 is -0.990. The SMILES string of the molecule is CCOC(=O)C[Te+](C)C. The molecule has 0 atom stereocenters. The van der Waals surface area contributed by atoms with E-state index < -0.39 is 19.6 Å². The van der Waals surface area contributed by atoms with E-state index in [2.05, 4.69) is 9.94 Å². The van der Waals surface area contributed by atoms with E-state index >= 15 is 0 Å². The number of esters is 1. The van der Waals surface area contributed by atoms with Gasteiger partial charge in [0.05, 0.1) is 0 Å². The number of ether oxygens (including phenoxy) is 1. The molecule has 0 radical (unpaired) electrons. The Morgan fingerprint density at radius 1 is 1.56 bits per heavy atom. The zero-order chi connectivity index (χ0) is 7.28. The van der Waals surface area contributed by atoms with Crippen molar-refractivity contribution < 1.29 is 9.53 Å². The molecule has 0 fully saturated rings. The van der Waals surface area contributed by atoms with Crippen LogP contribution in [0, 0.1) is 0 Å². The molecule has 0 saturated heterocycles. The topological polar surface area (TPSA) is 26.3 Å². The van der Waals surface area contributed by atoms with Gasteiger partial charge in [-0.3, -0.25) is 0 Å². The molecular weight excluding hydrogens is 232 g/mol. The first-order valence-corrected chi connectivity index (χ1v) is 9.17. The first kappa shape index (κ1) is 9.26. The van der Waals surface area contributed by atoms with Crippen LogP contribution in [-0.2, 0) is 9.53 Å². The standard InChI is InChI=1S/C6H13O2Te/c1-4-8-6(7)5-9(2)3/h4-5H2,1-3H3/q+1. The molecule has 0 N–H and O–H groups in total. The summed E-state index contributed by atoms with van der Waals surface area (Å²) in [6.07, 6.45) is 0. The van der Waals surface area contributed by atoms with E-state index in [9.17, 15) is 4.79 Å². The van der Waals surface area contributed by atoms with Crippen molar-refractivity contribution >= 4 is 25.5 Å². The second kappa shape index (κ2) is 5.08. The van der Waals surface area contributed by atoms with Gasteiger partial charge in [-0.05, 0) is 0 Å². The van der Waals surface area contributed by atoms with E-state index in [1.54, 1.807) is 0 Å². The fourth-order valence-corrected chi connectivity index (χ4v) is 2.02. The predicted octanol–water partition coefficient (Wildman–Crippen LogP) is 1.30. The van der Waals surface area contributed by atoms with Gasteiger partial charge in [0.25, 0.3) is 0 Å². The molecule has 0 aliphatic carbocycles. The van der Waals surface area contributed by atoms with Crippen LogP contribution in [-0.4, -0.2) is 32.1 Å². The van der Waals surface area contributed by atoms with Crippen molar-refractivity contribution in [2.75, 3.05) is 6.61 Å². The van der Waals surface area contributed by atoms with Gasteiger partial charge in [0, 0.05) is 0 Å². The monoisotopic (exact) mass is 247 g/mol. The molecule has 2 nitrogen and oxygen atoms in total. The molecule has 0 heterocycles. The van der Waals surface area contributed by atoms with Gasteiger partial charge in [-0.1, -0.05) is 0 Å². The van der Waals surface area contributed by atoms with Crippen LogP contribution in [0.4, 0.5) is 0 Å². The van der Waals surface area contributed by atoms with Crippen LogP contribution in [0.3, 0.4) is 0 Å². The van der Waals surface area contributed by atoms with Gasteiger partial charge >= 0.3 is 63.0 Å². The van der Waals surface area contributed by atoms with Crippen molar-refractivity contribution in [2.24, 2.45) is 0 Å². The Balaban J connectivity index is 3.27. The van der Waals surface area contributed by atoms with Crippen LogP contribution in [0.25, 0.3) is 0 Å². The van der Waals surface area contributed by atoms with Gasteiger partial charge in [0.1, 0.15) is 0 Å². The summed E-state index contributed by atoms with van der Waals surface area (Å²) < 4.78 is 5.46. The molecule has 0 aromatic carbocycles. The third-order valence-corrected chi connectivity index (χ3v) is 3.03. The molecule has 0 saturated carbocycles. The number of carbonyl (C=O) groups is 1. The summed E-state index contributed by atoms with van der Waals surface area (Å²) in [7, 11) is 0. The molecule has 9 heavy (non-hydrogen) atoms. The van der Waals surface area contributed by atoms with Gasteiger partial charge in [0.15, 0.2) is 0 Å². The quantitative estimate of drug-likeness (QED) is 0.553. The zero-order valence-corrected chi connectivity index (χ0v) is 8.47. The number of hydrogen-bond acceptors (Lipinski definition) is 2. The predicted molar refractivity (Wildman–Crippen MR) is 38.9 cm³/mol. The molecule has 0 spiro atoms. The fraction of sp³-hybridized carbons (Fsp3) is 0.833. The number of hydrogen-bond donors (Lipinski definition) is 0. The summed E-state index contributed by atoms with van der Waals surface area (Å²) in [5, 5.41) is 0. The maximum atomic E-state index is 10.7. The molecule has 0 aromatic heterocycles. The van der Waals surface area contributed by atoms with E-state index in [0.717, 1.165) is 0 Å². The molecule has 0 amide bonds. The third-order valence-electron chi connectivity index (χ3n) is 0.712. The summed E-state index contributed by atoms with van der Waals surface area (Å²) in [5.74, 6) is -0.0147. The molecule has 0 rings (SSSR count). The fourth-order valence-electron chi connectivity index (χ4n) is 0.438. The van der Waals surface area contributed by atoms with Crippen LogP contribution in [0.2, 0.25) is 14.4 Å². The summed E-state index contributed by atoms with van der Waals surface area (Å²) in [4.78, 5) is 15.0. The van der Waals surface area contributed by atoms with Crippen LogP contribution in [0.15, 0.2) is 0 Å². The molecule has 0 aromatic rings. The van der Waals surface area contributed by atoms with Gasteiger partial charge in [-0.25, -0.2) is 0 Å². The molecular formula is C6H13O2Te+. The average Bonchev–Trinajstić information content (AvgIpc) is 1.63. The van der Waals surface area contributed by atoms with Crippen LogP contribution in [0.5, 0.6) is 0 Å². The van der Waals surface area contributed by atoms with Gasteiger partial charge in [-0.15, -0.1) is 0 Å². The Bertz CT molecular complexity index is 91.1. The normalized spacial score (nSPS) is 9.78. The van der Waals surface area contributed by atoms with E-state index in [1.807, 2.05) is 6.92 Å². The zero-order valence-electron chi connectivity index (χ0n) is 6.14. The van der Waals surface area contributed by atoms with E-state index in [4.69, 9.17) is 4.74 Å². The Kier molecular flexibility index (Phi) is 5.22. The van der Waals surface area contributed by atoms with Crippen molar-refractivity contribution in [3.63, 3.8) is 0 Å². The van der Waals surface area contributed by atoms with Crippen molar-refractivity contribution in [2.45, 2.75) is 21.3 Å². The maximum absolute atomic E-state index is 10.7. The summed E-state index contributed by atoms with van der Waals surface area (Å²) in [6, 6.07) is 0. The van der Waals surface area contributed by atoms with Crippen LogP contribution >= 0.6 is 0 Å². The first-order valence-electron chi connectivity index (χ1n) is 2.86. The second-order valence-corrected chi connectivity index (χ2v) is 8.38. The molecule has 0 aliphatic rings. The Labute approximate surface area is 63.2 Å². The molecule has 54 valence electrons. The summed E-state index contributed by atoms with van der Waals surface area (Å²) in [5.41, 5.74) is 0. The first-order chi connectivity index (χ1) is 4.16. The Hall–Kier alpha value is 0.260. The van der Waals surface area contributed by atoms with Crippen molar-refractivity contribution in [3.05, 3.63) is 0 Å². The van der Waals surface area contributed by atoms with Crippen molar-refractivity contribution in [1.29, 1.82) is 0 Å². The Morgan fingerprint density at radius 3 is 2.44 bits per heavy atom. The molecule has 0 aliphatic heterocycles. The number of rotatable bonds is 3. The van der Waals surface area contributed by atoms with E-state index in [1.165, 1.54) is 0 Å². The van der Waals surface area contributed by atoms with Crippen molar-refractivity contribution in [1.82, 2.24) is 0 Å². The van der Waals surface area contributed by atoms with E-state index in [-0.39, 0.29) is 5.97 Å². The average molecular weight is 245 g/mol. The minimum atomic E-state index is -0.990. The van der Waals surface area contributed by atoms with Gasteiger partial charge in [-0.2, -0.15) is 0 Å². The van der Waals surface area contributed by atoms with Crippen LogP contribution < -0.4 is 0 Å². The van der Waals surface area contributed by atoms with Crippen molar-refractivity contribution in [3.8, 4) is 0 Å². The minimum absolute atomic E-state index is 0.0147. The van der Waals surface area contributed by atoms with Gasteiger partial charge < -0.3 is 0 Å². The molecule has 3 heteroatoms. The van der Waals surface area contributed by atoms with E-state index in [0.29, 0.717) is 11.1 Å². The number of carbonyl (C=O) groups excluding carboxylic acids is 1. The second-order valence-electron chi connectivity index (χ2n) is 1.93. The summed E-state index contributed by atoms with van der Waals surface area (Å²) in [6.45, 7) is 2.36.